The van der Waals surface area contributed by atoms with E-state index in [0.29, 0.717) is 12.1 Å². The molecule has 1 saturated heterocycles. The van der Waals surface area contributed by atoms with Gasteiger partial charge in [-0.1, -0.05) is 0 Å². The minimum atomic E-state index is 0.200. The smallest absolute Gasteiger partial charge is 0.0729 e. The van der Waals surface area contributed by atoms with Crippen LogP contribution in [0.5, 0.6) is 0 Å². The SMILES string of the molecule is CC1(C)CO[C@H]2CCC[C@@H]2N1. The van der Waals surface area contributed by atoms with Crippen LogP contribution in [0.1, 0.15) is 33.1 Å². The second-order valence-corrected chi connectivity index (χ2v) is 4.42. The quantitative estimate of drug-likeness (QED) is 0.569. The number of hydrogen-bond donors (Lipinski definition) is 1. The zero-order chi connectivity index (χ0) is 7.90. The summed E-state index contributed by atoms with van der Waals surface area (Å²) in [5, 5.41) is 3.63. The highest BCUT2D eigenvalue weighted by molar-refractivity contribution is 4.94. The molecule has 2 heteroatoms. The lowest BCUT2D eigenvalue weighted by atomic mass is 10.0. The van der Waals surface area contributed by atoms with Gasteiger partial charge in [0.1, 0.15) is 0 Å². The molecule has 0 spiro atoms. The molecule has 1 saturated carbocycles. The second kappa shape index (κ2) is 2.46. The van der Waals surface area contributed by atoms with Crippen molar-refractivity contribution in [1.29, 1.82) is 0 Å². The molecular formula is C9H17NO. The van der Waals surface area contributed by atoms with Crippen LogP contribution in [-0.4, -0.2) is 24.3 Å². The molecule has 0 unspecified atom stereocenters. The highest BCUT2D eigenvalue weighted by Crippen LogP contribution is 2.28. The molecule has 2 aliphatic rings. The maximum Gasteiger partial charge on any atom is 0.0729 e. The normalized spacial score (nSPS) is 42.0. The fourth-order valence-corrected chi connectivity index (χ4v) is 2.15. The Balaban J connectivity index is 2.02. The molecule has 64 valence electrons. The number of nitrogens with one attached hydrogen (secondary N) is 1. The van der Waals surface area contributed by atoms with Gasteiger partial charge in [-0.2, -0.15) is 0 Å². The Kier molecular flexibility index (Phi) is 1.69. The van der Waals surface area contributed by atoms with Crippen molar-refractivity contribution in [3.63, 3.8) is 0 Å². The van der Waals surface area contributed by atoms with Crippen molar-refractivity contribution in [3.8, 4) is 0 Å². The van der Waals surface area contributed by atoms with Crippen molar-refractivity contribution in [2.75, 3.05) is 6.61 Å². The van der Waals surface area contributed by atoms with Gasteiger partial charge in [-0.15, -0.1) is 0 Å². The number of ether oxygens (including phenoxy) is 1. The predicted molar refractivity (Wildman–Crippen MR) is 44.6 cm³/mol. The van der Waals surface area contributed by atoms with Gasteiger partial charge in [0.2, 0.25) is 0 Å². The van der Waals surface area contributed by atoms with Gasteiger partial charge in [0.05, 0.1) is 12.7 Å². The predicted octanol–water partition coefficient (Wildman–Crippen LogP) is 1.31. The number of fused-ring (bicyclic) bond motifs is 1. The molecular weight excluding hydrogens is 138 g/mol. The van der Waals surface area contributed by atoms with E-state index < -0.39 is 0 Å². The fraction of sp³-hybridized carbons (Fsp3) is 1.00. The van der Waals surface area contributed by atoms with E-state index in [1.807, 2.05) is 0 Å². The topological polar surface area (TPSA) is 21.3 Å². The third-order valence-electron chi connectivity index (χ3n) is 2.69. The molecule has 0 amide bonds. The summed E-state index contributed by atoms with van der Waals surface area (Å²) in [6.07, 6.45) is 4.41. The van der Waals surface area contributed by atoms with Crippen LogP contribution >= 0.6 is 0 Å². The molecule has 0 bridgehead atoms. The van der Waals surface area contributed by atoms with Crippen LogP contribution in [0, 0.1) is 0 Å². The van der Waals surface area contributed by atoms with E-state index >= 15 is 0 Å². The molecule has 2 nitrogen and oxygen atoms in total. The molecule has 0 aromatic rings. The monoisotopic (exact) mass is 155 g/mol. The van der Waals surface area contributed by atoms with E-state index in [2.05, 4.69) is 19.2 Å². The Labute approximate surface area is 68.3 Å². The molecule has 0 radical (unpaired) electrons. The minimum absolute atomic E-state index is 0.200. The molecule has 0 aromatic carbocycles. The zero-order valence-corrected chi connectivity index (χ0v) is 7.39. The van der Waals surface area contributed by atoms with E-state index in [1.165, 1.54) is 19.3 Å². The summed E-state index contributed by atoms with van der Waals surface area (Å²) in [5.41, 5.74) is 0.200. The van der Waals surface area contributed by atoms with Gasteiger partial charge in [0.25, 0.3) is 0 Å². The minimum Gasteiger partial charge on any atom is -0.375 e. The van der Waals surface area contributed by atoms with Crippen molar-refractivity contribution in [3.05, 3.63) is 0 Å². The highest BCUT2D eigenvalue weighted by Gasteiger charge is 2.37. The molecule has 2 rings (SSSR count). The summed E-state index contributed by atoms with van der Waals surface area (Å²) in [4.78, 5) is 0. The van der Waals surface area contributed by atoms with Crippen molar-refractivity contribution in [2.24, 2.45) is 0 Å². The number of hydrogen-bond acceptors (Lipinski definition) is 2. The fourth-order valence-electron chi connectivity index (χ4n) is 2.15. The average Bonchev–Trinajstić information content (AvgIpc) is 2.31. The molecule has 1 aliphatic carbocycles. The van der Waals surface area contributed by atoms with Crippen molar-refractivity contribution < 1.29 is 4.74 Å². The van der Waals surface area contributed by atoms with E-state index in [9.17, 15) is 0 Å². The maximum absolute atomic E-state index is 5.75. The first-order valence-corrected chi connectivity index (χ1v) is 4.57. The summed E-state index contributed by atoms with van der Waals surface area (Å²) in [6, 6.07) is 0.638. The summed E-state index contributed by atoms with van der Waals surface area (Å²) in [6.45, 7) is 5.29. The molecule has 1 N–H and O–H groups in total. The van der Waals surface area contributed by atoms with Crippen LogP contribution in [0.4, 0.5) is 0 Å². The van der Waals surface area contributed by atoms with Crippen LogP contribution in [0.3, 0.4) is 0 Å². The lowest BCUT2D eigenvalue weighted by Gasteiger charge is -2.39. The summed E-state index contributed by atoms with van der Waals surface area (Å²) < 4.78 is 5.75. The van der Waals surface area contributed by atoms with Gasteiger partial charge in [0, 0.05) is 11.6 Å². The van der Waals surface area contributed by atoms with Crippen LogP contribution in [-0.2, 0) is 4.74 Å². The molecule has 1 aliphatic heterocycles. The van der Waals surface area contributed by atoms with Gasteiger partial charge in [-0.05, 0) is 33.1 Å². The van der Waals surface area contributed by atoms with Crippen LogP contribution in [0.15, 0.2) is 0 Å². The Morgan fingerprint density at radius 2 is 2.18 bits per heavy atom. The average molecular weight is 155 g/mol. The summed E-state index contributed by atoms with van der Waals surface area (Å²) in [7, 11) is 0. The van der Waals surface area contributed by atoms with Gasteiger partial charge in [0.15, 0.2) is 0 Å². The third kappa shape index (κ3) is 1.42. The largest absolute Gasteiger partial charge is 0.375 e. The maximum atomic E-state index is 5.75. The lowest BCUT2D eigenvalue weighted by Crippen LogP contribution is -2.57. The van der Waals surface area contributed by atoms with E-state index in [0.717, 1.165) is 6.61 Å². The Morgan fingerprint density at radius 3 is 3.00 bits per heavy atom. The van der Waals surface area contributed by atoms with Crippen molar-refractivity contribution in [1.82, 2.24) is 5.32 Å². The Bertz CT molecular complexity index is 156. The summed E-state index contributed by atoms with van der Waals surface area (Å²) >= 11 is 0. The molecule has 11 heavy (non-hydrogen) atoms. The molecule has 2 atom stereocenters. The van der Waals surface area contributed by atoms with Crippen LogP contribution in [0.2, 0.25) is 0 Å². The molecule has 1 heterocycles. The van der Waals surface area contributed by atoms with Crippen molar-refractivity contribution in [2.45, 2.75) is 50.8 Å². The van der Waals surface area contributed by atoms with Crippen LogP contribution < -0.4 is 5.32 Å². The highest BCUT2D eigenvalue weighted by atomic mass is 16.5. The zero-order valence-electron chi connectivity index (χ0n) is 7.39. The van der Waals surface area contributed by atoms with Gasteiger partial charge < -0.3 is 10.1 Å². The van der Waals surface area contributed by atoms with Gasteiger partial charge in [-0.3, -0.25) is 0 Å². The molecule has 0 aromatic heterocycles. The van der Waals surface area contributed by atoms with E-state index in [4.69, 9.17) is 4.74 Å². The van der Waals surface area contributed by atoms with Gasteiger partial charge >= 0.3 is 0 Å². The Hall–Kier alpha value is -0.0800. The van der Waals surface area contributed by atoms with E-state index in [1.54, 1.807) is 0 Å². The standard InChI is InChI=1S/C9H17NO/c1-9(2)6-11-8-5-3-4-7(8)10-9/h7-8,10H,3-6H2,1-2H3/t7-,8-/m0/s1. The summed E-state index contributed by atoms with van der Waals surface area (Å²) in [5.74, 6) is 0. The van der Waals surface area contributed by atoms with Gasteiger partial charge in [-0.25, -0.2) is 0 Å². The van der Waals surface area contributed by atoms with E-state index in [-0.39, 0.29) is 5.54 Å². The first-order valence-electron chi connectivity index (χ1n) is 4.57. The third-order valence-corrected chi connectivity index (χ3v) is 2.69. The first kappa shape index (κ1) is 7.56. The van der Waals surface area contributed by atoms with Crippen molar-refractivity contribution >= 4 is 0 Å². The lowest BCUT2D eigenvalue weighted by molar-refractivity contribution is -0.0389. The van der Waals surface area contributed by atoms with Crippen LogP contribution in [0.25, 0.3) is 0 Å². The number of morpholine rings is 1. The Morgan fingerprint density at radius 1 is 1.36 bits per heavy atom. The molecule has 2 fully saturated rings. The first-order chi connectivity index (χ1) is 5.17. The second-order valence-electron chi connectivity index (χ2n) is 4.42. The number of rotatable bonds is 0.